The lowest BCUT2D eigenvalue weighted by molar-refractivity contribution is -0.923. The van der Waals surface area contributed by atoms with Crippen LogP contribution in [0.5, 0.6) is 0 Å². The Morgan fingerprint density at radius 2 is 2.12 bits per heavy atom. The zero-order chi connectivity index (χ0) is 18.9. The van der Waals surface area contributed by atoms with Crippen LogP contribution in [0, 0.1) is 6.92 Å². The number of sulfonamides is 1. The third-order valence-electron chi connectivity index (χ3n) is 4.95. The number of benzene rings is 1. The van der Waals surface area contributed by atoms with Crippen LogP contribution in [-0.4, -0.2) is 34.5 Å². The highest BCUT2D eigenvalue weighted by atomic mass is 32.2. The lowest BCUT2D eigenvalue weighted by Crippen LogP contribution is -3.14. The van der Waals surface area contributed by atoms with Gasteiger partial charge in [-0.3, -0.25) is 4.79 Å². The molecular weight excluding hydrogens is 370 g/mol. The molecular formula is C18H24N3O3S2+. The summed E-state index contributed by atoms with van der Waals surface area (Å²) in [5.74, 6) is -0.109. The first-order valence-corrected chi connectivity index (χ1v) is 10.9. The summed E-state index contributed by atoms with van der Waals surface area (Å²) in [7, 11) is -2.18. The molecule has 0 saturated carbocycles. The van der Waals surface area contributed by atoms with Crippen LogP contribution in [-0.2, 0) is 21.2 Å². The number of carbonyl (C=O) groups is 1. The van der Waals surface area contributed by atoms with Crippen molar-refractivity contribution in [1.29, 1.82) is 0 Å². The highest BCUT2D eigenvalue weighted by Gasteiger charge is 2.29. The third-order valence-corrected chi connectivity index (χ3v) is 7.50. The minimum atomic E-state index is -3.56. The Morgan fingerprint density at radius 3 is 2.85 bits per heavy atom. The molecule has 1 aliphatic rings. The highest BCUT2D eigenvalue weighted by Crippen LogP contribution is 2.24. The molecule has 3 rings (SSSR count). The Bertz CT molecular complexity index is 922. The van der Waals surface area contributed by atoms with E-state index >= 15 is 0 Å². The maximum Gasteiger partial charge on any atom is 0.279 e. The molecule has 3 N–H and O–H groups in total. The summed E-state index contributed by atoms with van der Waals surface area (Å²) in [5.41, 5.74) is 2.47. The van der Waals surface area contributed by atoms with Gasteiger partial charge in [0.2, 0.25) is 10.0 Å². The molecule has 140 valence electrons. The van der Waals surface area contributed by atoms with E-state index in [1.165, 1.54) is 28.5 Å². The molecule has 1 aromatic carbocycles. The van der Waals surface area contributed by atoms with E-state index in [1.54, 1.807) is 30.4 Å². The molecule has 2 atom stereocenters. The van der Waals surface area contributed by atoms with Crippen LogP contribution in [0.15, 0.2) is 34.5 Å². The minimum Gasteiger partial charge on any atom is -0.321 e. The number of rotatable bonds is 5. The zero-order valence-electron chi connectivity index (χ0n) is 15.1. The zero-order valence-corrected chi connectivity index (χ0v) is 16.8. The number of anilines is 1. The van der Waals surface area contributed by atoms with E-state index in [1.807, 2.05) is 0 Å². The van der Waals surface area contributed by atoms with E-state index in [4.69, 9.17) is 0 Å². The standard InChI is InChI=1S/C18H23N3O3S2/c1-12-4-5-14(10-17(12)26(23,24)19-3)20-18(22)11-21-8-6-16-15(13(21)2)7-9-25-16/h4-5,7,9-10,13,19H,6,8,11H2,1-3H3,(H,20,22)/p+1/t13-/m1/s1. The molecule has 0 aliphatic carbocycles. The number of carbonyl (C=O) groups excluding carboxylic acids is 1. The molecule has 0 fully saturated rings. The Hall–Kier alpha value is -1.74. The monoisotopic (exact) mass is 394 g/mol. The van der Waals surface area contributed by atoms with Crippen molar-refractivity contribution in [3.8, 4) is 0 Å². The van der Waals surface area contributed by atoms with Gasteiger partial charge >= 0.3 is 0 Å². The Labute approximate surface area is 158 Å². The Morgan fingerprint density at radius 1 is 1.35 bits per heavy atom. The number of quaternary nitrogens is 1. The summed E-state index contributed by atoms with van der Waals surface area (Å²) < 4.78 is 26.5. The lowest BCUT2D eigenvalue weighted by Gasteiger charge is -2.29. The van der Waals surface area contributed by atoms with Crippen molar-refractivity contribution in [2.24, 2.45) is 0 Å². The van der Waals surface area contributed by atoms with Gasteiger partial charge in [-0.05, 0) is 50.0 Å². The van der Waals surface area contributed by atoms with Crippen molar-refractivity contribution in [2.45, 2.75) is 31.2 Å². The van der Waals surface area contributed by atoms with Crippen molar-refractivity contribution in [2.75, 3.05) is 25.5 Å². The number of thiophene rings is 1. The van der Waals surface area contributed by atoms with Gasteiger partial charge in [-0.2, -0.15) is 0 Å². The second-order valence-electron chi connectivity index (χ2n) is 6.59. The second kappa shape index (κ2) is 7.48. The predicted molar refractivity (Wildman–Crippen MR) is 103 cm³/mol. The van der Waals surface area contributed by atoms with Crippen LogP contribution in [0.1, 0.15) is 29.0 Å². The van der Waals surface area contributed by atoms with Crippen LogP contribution in [0.25, 0.3) is 0 Å². The van der Waals surface area contributed by atoms with Gasteiger partial charge in [0.05, 0.1) is 11.4 Å². The van der Waals surface area contributed by atoms with Crippen LogP contribution in [0.2, 0.25) is 0 Å². The van der Waals surface area contributed by atoms with Gasteiger partial charge in [0.15, 0.2) is 6.54 Å². The number of fused-ring (bicyclic) bond motifs is 1. The quantitative estimate of drug-likeness (QED) is 0.711. The van der Waals surface area contributed by atoms with E-state index in [-0.39, 0.29) is 16.8 Å². The van der Waals surface area contributed by atoms with Crippen LogP contribution >= 0.6 is 11.3 Å². The average molecular weight is 395 g/mol. The van der Waals surface area contributed by atoms with Crippen LogP contribution in [0.4, 0.5) is 5.69 Å². The van der Waals surface area contributed by atoms with E-state index in [0.717, 1.165) is 13.0 Å². The summed E-state index contributed by atoms with van der Waals surface area (Å²) in [6.07, 6.45) is 0.995. The topological polar surface area (TPSA) is 79.7 Å². The lowest BCUT2D eigenvalue weighted by atomic mass is 10.0. The van der Waals surface area contributed by atoms with Gasteiger partial charge < -0.3 is 10.2 Å². The Balaban J connectivity index is 1.70. The predicted octanol–water partition coefficient (Wildman–Crippen LogP) is 1.11. The van der Waals surface area contributed by atoms with Gasteiger partial charge in [-0.25, -0.2) is 13.1 Å². The molecule has 0 spiro atoms. The van der Waals surface area contributed by atoms with Crippen LogP contribution in [0.3, 0.4) is 0 Å². The fourth-order valence-corrected chi connectivity index (χ4v) is 5.35. The smallest absolute Gasteiger partial charge is 0.279 e. The summed E-state index contributed by atoms with van der Waals surface area (Å²) >= 11 is 1.78. The van der Waals surface area contributed by atoms with Crippen molar-refractivity contribution in [1.82, 2.24) is 4.72 Å². The van der Waals surface area contributed by atoms with Crippen molar-refractivity contribution >= 4 is 33.0 Å². The SMILES string of the molecule is CNS(=O)(=O)c1cc(NC(=O)C[NH+]2CCc3sccc3[C@H]2C)ccc1C. The molecule has 1 amide bonds. The molecule has 26 heavy (non-hydrogen) atoms. The molecule has 2 heterocycles. The van der Waals surface area contributed by atoms with Gasteiger partial charge in [0.25, 0.3) is 5.91 Å². The molecule has 1 aromatic heterocycles. The van der Waals surface area contributed by atoms with E-state index in [2.05, 4.69) is 28.4 Å². The van der Waals surface area contributed by atoms with Gasteiger partial charge in [-0.1, -0.05) is 6.07 Å². The molecule has 0 radical (unpaired) electrons. The molecule has 6 nitrogen and oxygen atoms in total. The van der Waals surface area contributed by atoms with Crippen LogP contribution < -0.4 is 14.9 Å². The molecule has 0 bridgehead atoms. The van der Waals surface area contributed by atoms with E-state index in [9.17, 15) is 13.2 Å². The third kappa shape index (κ3) is 3.83. The number of hydrogen-bond acceptors (Lipinski definition) is 4. The van der Waals surface area contributed by atoms with Crippen molar-refractivity contribution < 1.29 is 18.1 Å². The summed E-state index contributed by atoms with van der Waals surface area (Å²) in [6, 6.07) is 7.37. The summed E-state index contributed by atoms with van der Waals surface area (Å²) in [5, 5.41) is 4.95. The Kier molecular flexibility index (Phi) is 5.47. The largest absolute Gasteiger partial charge is 0.321 e. The van der Waals surface area contributed by atoms with Gasteiger partial charge in [0.1, 0.15) is 6.04 Å². The maximum absolute atomic E-state index is 12.5. The van der Waals surface area contributed by atoms with Crippen molar-refractivity contribution in [3.63, 3.8) is 0 Å². The summed E-state index contributed by atoms with van der Waals surface area (Å²) in [6.45, 7) is 5.17. The van der Waals surface area contributed by atoms with Gasteiger partial charge in [-0.15, -0.1) is 11.3 Å². The molecule has 1 unspecified atom stereocenters. The molecule has 1 aliphatic heterocycles. The van der Waals surface area contributed by atoms with E-state index in [0.29, 0.717) is 17.8 Å². The normalized spacial score (nSPS) is 19.8. The fraction of sp³-hybridized carbons (Fsp3) is 0.389. The maximum atomic E-state index is 12.5. The van der Waals surface area contributed by atoms with Gasteiger partial charge in [0, 0.05) is 22.5 Å². The summed E-state index contributed by atoms with van der Waals surface area (Å²) in [4.78, 5) is 15.3. The first-order chi connectivity index (χ1) is 12.3. The number of hydrogen-bond donors (Lipinski definition) is 3. The highest BCUT2D eigenvalue weighted by molar-refractivity contribution is 7.89. The second-order valence-corrected chi connectivity index (χ2v) is 9.45. The average Bonchev–Trinajstić information content (AvgIpc) is 3.08. The first kappa shape index (κ1) is 19.0. The molecule has 8 heteroatoms. The van der Waals surface area contributed by atoms with E-state index < -0.39 is 10.0 Å². The minimum absolute atomic E-state index is 0.109. The number of amides is 1. The number of aryl methyl sites for hydroxylation is 1. The molecule has 2 aromatic rings. The first-order valence-electron chi connectivity index (χ1n) is 8.56. The fourth-order valence-electron chi connectivity index (χ4n) is 3.38. The molecule has 0 saturated heterocycles. The van der Waals surface area contributed by atoms with Crippen molar-refractivity contribution in [3.05, 3.63) is 45.6 Å². The number of nitrogens with one attached hydrogen (secondary N) is 3.